The van der Waals surface area contributed by atoms with Crippen molar-refractivity contribution in [3.05, 3.63) is 60.8 Å². The predicted molar refractivity (Wildman–Crippen MR) is 197 cm³/mol. The van der Waals surface area contributed by atoms with Crippen molar-refractivity contribution in [2.75, 3.05) is 13.2 Å². The highest BCUT2D eigenvalue weighted by Gasteiger charge is 2.22. The molecule has 0 unspecified atom stereocenters. The average molecular weight is 695 g/mol. The minimum Gasteiger partial charge on any atom is -0.462 e. The topological polar surface area (TPSA) is 119 Å². The maximum atomic E-state index is 12.3. The molecule has 8 nitrogen and oxygen atoms in total. The molecule has 9 heteroatoms. The first kappa shape index (κ1) is 45.8. The summed E-state index contributed by atoms with van der Waals surface area (Å²) in [5.41, 5.74) is 0. The molecule has 0 fully saturated rings. The van der Waals surface area contributed by atoms with Crippen LogP contribution in [0.2, 0.25) is 0 Å². The van der Waals surface area contributed by atoms with E-state index in [4.69, 9.17) is 19.3 Å². The lowest BCUT2D eigenvalue weighted by Gasteiger charge is -2.18. The molecule has 0 radical (unpaired) electrons. The summed E-state index contributed by atoms with van der Waals surface area (Å²) in [5, 5.41) is 0. The standard InChI is InChI=1S/C39H67O8P/c1-3-5-7-9-11-13-15-17-19-21-23-25-27-29-31-33-38(40)45-35-37(36-46-48(42,43)44)47-39(41)34-32-30-28-26-24-22-20-18-16-14-12-10-8-6-4-2/h5,7,11,13-14,16-20,37H,3-4,6,8-10,12,15,21-36H2,1-2H3,(H2,42,43,44)/b7-5+,13-11+,16-14+,19-17+,20-18+/t37-/m1/s1. The van der Waals surface area contributed by atoms with E-state index in [0.717, 1.165) is 89.9 Å². The second kappa shape index (κ2) is 34.6. The van der Waals surface area contributed by atoms with Crippen LogP contribution >= 0.6 is 7.82 Å². The van der Waals surface area contributed by atoms with Crippen LogP contribution in [0.5, 0.6) is 0 Å². The van der Waals surface area contributed by atoms with Gasteiger partial charge in [0.2, 0.25) is 0 Å². The van der Waals surface area contributed by atoms with Gasteiger partial charge in [-0.3, -0.25) is 14.1 Å². The van der Waals surface area contributed by atoms with Crippen LogP contribution in [0.1, 0.15) is 155 Å². The van der Waals surface area contributed by atoms with E-state index < -0.39 is 32.5 Å². The summed E-state index contributed by atoms with van der Waals surface area (Å²) in [6.45, 7) is 3.50. The molecule has 48 heavy (non-hydrogen) atoms. The highest BCUT2D eigenvalue weighted by Crippen LogP contribution is 2.36. The van der Waals surface area contributed by atoms with E-state index in [0.29, 0.717) is 12.8 Å². The zero-order chi connectivity index (χ0) is 35.4. The minimum atomic E-state index is -4.76. The summed E-state index contributed by atoms with van der Waals surface area (Å²) < 4.78 is 26.3. The van der Waals surface area contributed by atoms with Crippen LogP contribution in [0, 0.1) is 0 Å². The Bertz CT molecular complexity index is 963. The van der Waals surface area contributed by atoms with Crippen molar-refractivity contribution < 1.29 is 37.9 Å². The zero-order valence-electron chi connectivity index (χ0n) is 30.1. The molecule has 2 N–H and O–H groups in total. The van der Waals surface area contributed by atoms with E-state index in [9.17, 15) is 14.2 Å². The third kappa shape index (κ3) is 36.6. The van der Waals surface area contributed by atoms with E-state index in [-0.39, 0.29) is 19.4 Å². The predicted octanol–water partition coefficient (Wildman–Crippen LogP) is 11.0. The first-order valence-corrected chi connectivity index (χ1v) is 20.1. The van der Waals surface area contributed by atoms with Gasteiger partial charge in [-0.15, -0.1) is 0 Å². The van der Waals surface area contributed by atoms with Gasteiger partial charge in [-0.05, 0) is 70.6 Å². The number of phosphoric acid groups is 1. The van der Waals surface area contributed by atoms with Gasteiger partial charge >= 0.3 is 19.8 Å². The SMILES string of the molecule is CC/C=C/C/C=C/C/C=C/CCCCCCCC(=O)OC[C@H](COP(=O)(O)O)OC(=O)CCCCCCC/C=C/C=C/CCCCCC. The number of unbranched alkanes of at least 4 members (excludes halogenated alkanes) is 14. The second-order valence-corrected chi connectivity index (χ2v) is 13.4. The van der Waals surface area contributed by atoms with Gasteiger partial charge in [-0.1, -0.05) is 132 Å². The fourth-order valence-electron chi connectivity index (χ4n) is 4.79. The van der Waals surface area contributed by atoms with E-state index in [2.05, 4.69) is 79.1 Å². The summed E-state index contributed by atoms with van der Waals surface area (Å²) in [5.74, 6) is -0.928. The average Bonchev–Trinajstić information content (AvgIpc) is 3.05. The number of rotatable bonds is 33. The Hall–Kier alpha value is -2.25. The van der Waals surface area contributed by atoms with Crippen LogP contribution in [-0.2, 0) is 28.2 Å². The molecule has 1 atom stereocenters. The number of carbonyl (C=O) groups excluding carboxylic acids is 2. The first-order chi connectivity index (χ1) is 23.3. The van der Waals surface area contributed by atoms with E-state index in [1.165, 1.54) is 25.7 Å². The summed E-state index contributed by atoms with van der Waals surface area (Å²) in [7, 11) is -4.76. The Kier molecular flexibility index (Phi) is 33.0. The highest BCUT2D eigenvalue weighted by molar-refractivity contribution is 7.46. The van der Waals surface area contributed by atoms with Gasteiger partial charge in [0.1, 0.15) is 6.61 Å². The molecule has 276 valence electrons. The fourth-order valence-corrected chi connectivity index (χ4v) is 5.15. The summed E-state index contributed by atoms with van der Waals surface area (Å²) in [6, 6.07) is 0. The molecule has 0 aliphatic rings. The van der Waals surface area contributed by atoms with Gasteiger partial charge in [0.25, 0.3) is 0 Å². The molecule has 0 aromatic heterocycles. The molecule has 0 saturated heterocycles. The quantitative estimate of drug-likeness (QED) is 0.0229. The number of ether oxygens (including phenoxy) is 2. The van der Waals surface area contributed by atoms with Crippen molar-refractivity contribution in [2.24, 2.45) is 0 Å². The Morgan fingerprint density at radius 2 is 1.06 bits per heavy atom. The van der Waals surface area contributed by atoms with Crippen molar-refractivity contribution in [1.29, 1.82) is 0 Å². The van der Waals surface area contributed by atoms with Gasteiger partial charge in [0.15, 0.2) is 6.10 Å². The molecule has 0 aromatic carbocycles. The molecule has 0 saturated carbocycles. The minimum absolute atomic E-state index is 0.188. The van der Waals surface area contributed by atoms with E-state index in [1.807, 2.05) is 0 Å². The van der Waals surface area contributed by atoms with E-state index >= 15 is 0 Å². The van der Waals surface area contributed by atoms with Crippen LogP contribution in [0.25, 0.3) is 0 Å². The summed E-state index contributed by atoms with van der Waals surface area (Å²) in [6.07, 6.45) is 42.2. The number of phosphoric ester groups is 1. The Morgan fingerprint density at radius 1 is 0.583 bits per heavy atom. The highest BCUT2D eigenvalue weighted by atomic mass is 31.2. The molecule has 0 aromatic rings. The van der Waals surface area contributed by atoms with Gasteiger partial charge in [0, 0.05) is 12.8 Å². The molecule has 0 aliphatic heterocycles. The number of allylic oxidation sites excluding steroid dienone is 10. The van der Waals surface area contributed by atoms with Crippen LogP contribution in [0.15, 0.2) is 60.8 Å². The van der Waals surface area contributed by atoms with Crippen molar-refractivity contribution >= 4 is 19.8 Å². The number of hydrogen-bond acceptors (Lipinski definition) is 6. The van der Waals surface area contributed by atoms with Crippen molar-refractivity contribution in [1.82, 2.24) is 0 Å². The molecule has 0 amide bonds. The van der Waals surface area contributed by atoms with Crippen LogP contribution in [0.3, 0.4) is 0 Å². The molecule has 0 aliphatic carbocycles. The molecule has 0 spiro atoms. The third-order valence-corrected chi connectivity index (χ3v) is 8.03. The number of hydrogen-bond donors (Lipinski definition) is 2. The zero-order valence-corrected chi connectivity index (χ0v) is 31.0. The van der Waals surface area contributed by atoms with Gasteiger partial charge in [0.05, 0.1) is 6.61 Å². The Labute approximate surface area is 292 Å². The van der Waals surface area contributed by atoms with Gasteiger partial charge in [-0.25, -0.2) is 4.57 Å². The van der Waals surface area contributed by atoms with Crippen LogP contribution in [0.4, 0.5) is 0 Å². The Balaban J connectivity index is 4.05. The lowest BCUT2D eigenvalue weighted by Crippen LogP contribution is -2.29. The molecule has 0 heterocycles. The lowest BCUT2D eigenvalue weighted by molar-refractivity contribution is -0.161. The van der Waals surface area contributed by atoms with E-state index in [1.54, 1.807) is 0 Å². The summed E-state index contributed by atoms with van der Waals surface area (Å²) in [4.78, 5) is 42.7. The first-order valence-electron chi connectivity index (χ1n) is 18.6. The van der Waals surface area contributed by atoms with Crippen LogP contribution in [-0.4, -0.2) is 41.0 Å². The molecular weight excluding hydrogens is 627 g/mol. The van der Waals surface area contributed by atoms with Crippen molar-refractivity contribution in [3.63, 3.8) is 0 Å². The number of carbonyl (C=O) groups is 2. The smallest absolute Gasteiger partial charge is 0.462 e. The summed E-state index contributed by atoms with van der Waals surface area (Å²) >= 11 is 0. The third-order valence-electron chi connectivity index (χ3n) is 7.55. The Morgan fingerprint density at radius 3 is 1.62 bits per heavy atom. The maximum Gasteiger partial charge on any atom is 0.469 e. The van der Waals surface area contributed by atoms with Gasteiger partial charge < -0.3 is 19.3 Å². The van der Waals surface area contributed by atoms with Crippen molar-refractivity contribution in [2.45, 2.75) is 161 Å². The monoisotopic (exact) mass is 694 g/mol. The molecule has 0 rings (SSSR count). The van der Waals surface area contributed by atoms with Crippen molar-refractivity contribution in [3.8, 4) is 0 Å². The van der Waals surface area contributed by atoms with Gasteiger partial charge in [-0.2, -0.15) is 0 Å². The maximum absolute atomic E-state index is 12.3. The fraction of sp³-hybridized carbons (Fsp3) is 0.692. The van der Waals surface area contributed by atoms with Crippen LogP contribution < -0.4 is 0 Å². The molecular formula is C39H67O8P. The lowest BCUT2D eigenvalue weighted by atomic mass is 10.1. The second-order valence-electron chi connectivity index (χ2n) is 12.2. The molecule has 0 bridgehead atoms. The normalized spacial score (nSPS) is 13.2. The number of esters is 2. The largest absolute Gasteiger partial charge is 0.469 e.